The van der Waals surface area contributed by atoms with Crippen molar-refractivity contribution in [2.24, 2.45) is 0 Å². The molecule has 1 aliphatic heterocycles. The Hall–Kier alpha value is -4.19. The van der Waals surface area contributed by atoms with Crippen LogP contribution in [0.2, 0.25) is 0 Å². The van der Waals surface area contributed by atoms with Gasteiger partial charge in [-0.05, 0) is 83.0 Å². The third-order valence-corrected chi connectivity index (χ3v) is 7.39. The van der Waals surface area contributed by atoms with E-state index in [1.807, 2.05) is 57.2 Å². The van der Waals surface area contributed by atoms with Crippen LogP contribution in [0.5, 0.6) is 0 Å². The summed E-state index contributed by atoms with van der Waals surface area (Å²) in [6.07, 6.45) is 3.38. The monoisotopic (exact) mass is 639 g/mol. The number of pyridine rings is 1. The largest absolute Gasteiger partial charge is 0.467 e. The second-order valence-electron chi connectivity index (χ2n) is 12.4. The number of alkyl carbamates (subject to hydrolysis) is 1. The van der Waals surface area contributed by atoms with Crippen molar-refractivity contribution in [2.75, 3.05) is 44.7 Å². The third-order valence-electron chi connectivity index (χ3n) is 7.39. The van der Waals surface area contributed by atoms with Gasteiger partial charge in [-0.1, -0.05) is 36.4 Å². The van der Waals surface area contributed by atoms with E-state index in [9.17, 15) is 19.2 Å². The number of rotatable bonds is 15. The fraction of sp³-hybridized carbons (Fsp3) is 0.559. The molecule has 0 fully saturated rings. The van der Waals surface area contributed by atoms with Crippen LogP contribution in [-0.4, -0.2) is 85.4 Å². The number of carbonyl (C=O) groups excluding carboxylic acids is 4. The first-order valence-electron chi connectivity index (χ1n) is 16.0. The second kappa shape index (κ2) is 18.1. The summed E-state index contributed by atoms with van der Waals surface area (Å²) in [6, 6.07) is 12.5. The van der Waals surface area contributed by atoms with Crippen LogP contribution in [0.4, 0.5) is 15.4 Å². The van der Waals surface area contributed by atoms with Crippen LogP contribution in [0.1, 0.15) is 70.2 Å². The summed E-state index contributed by atoms with van der Waals surface area (Å²) in [5.74, 6) is 0.00471. The number of fused-ring (bicyclic) bond motifs is 1. The molecule has 1 aliphatic rings. The van der Waals surface area contributed by atoms with Crippen molar-refractivity contribution in [3.8, 4) is 0 Å². The molecular weight excluding hydrogens is 590 g/mol. The number of methoxy groups -OCH3 is 1. The number of benzene rings is 1. The molecule has 0 saturated heterocycles. The Balaban J connectivity index is 1.55. The number of aromatic nitrogens is 1. The summed E-state index contributed by atoms with van der Waals surface area (Å²) in [5.41, 5.74) is 2.20. The maximum atomic E-state index is 12.8. The van der Waals surface area contributed by atoms with E-state index >= 15 is 0 Å². The fourth-order valence-corrected chi connectivity index (χ4v) is 5.09. The van der Waals surface area contributed by atoms with Gasteiger partial charge < -0.3 is 29.7 Å². The summed E-state index contributed by atoms with van der Waals surface area (Å²) in [7, 11) is 1.28. The summed E-state index contributed by atoms with van der Waals surface area (Å²) in [6.45, 7) is 9.92. The molecule has 2 heterocycles. The van der Waals surface area contributed by atoms with Gasteiger partial charge in [-0.2, -0.15) is 0 Å². The van der Waals surface area contributed by atoms with Crippen molar-refractivity contribution in [1.29, 1.82) is 0 Å². The minimum absolute atomic E-state index is 0.0848. The van der Waals surface area contributed by atoms with Gasteiger partial charge in [-0.3, -0.25) is 9.69 Å². The van der Waals surface area contributed by atoms with E-state index in [1.165, 1.54) is 14.0 Å². The molecule has 0 aliphatic carbocycles. The first kappa shape index (κ1) is 36.3. The highest BCUT2D eigenvalue weighted by molar-refractivity contribution is 5.88. The van der Waals surface area contributed by atoms with Crippen LogP contribution in [-0.2, 0) is 43.2 Å². The molecule has 1 atom stereocenters. The van der Waals surface area contributed by atoms with Gasteiger partial charge in [0.1, 0.15) is 24.1 Å². The summed E-state index contributed by atoms with van der Waals surface area (Å²) >= 11 is 0. The smallest absolute Gasteiger partial charge is 0.416 e. The Kier molecular flexibility index (Phi) is 14.3. The Morgan fingerprint density at radius 1 is 1.02 bits per heavy atom. The van der Waals surface area contributed by atoms with Crippen molar-refractivity contribution in [3.05, 3.63) is 59.3 Å². The number of hydrogen-bond acceptors (Lipinski definition) is 9. The number of anilines is 1. The van der Waals surface area contributed by atoms with E-state index < -0.39 is 23.7 Å². The van der Waals surface area contributed by atoms with Gasteiger partial charge >= 0.3 is 18.2 Å². The van der Waals surface area contributed by atoms with Crippen LogP contribution in [0.25, 0.3) is 0 Å². The van der Waals surface area contributed by atoms with E-state index in [4.69, 9.17) is 19.2 Å². The van der Waals surface area contributed by atoms with Crippen molar-refractivity contribution >= 4 is 29.9 Å². The molecule has 1 aromatic heterocycles. The van der Waals surface area contributed by atoms with Gasteiger partial charge in [0.05, 0.1) is 7.11 Å². The first-order valence-corrected chi connectivity index (χ1v) is 16.0. The lowest BCUT2D eigenvalue weighted by molar-refractivity contribution is -0.143. The molecule has 12 heteroatoms. The quantitative estimate of drug-likeness (QED) is 0.165. The zero-order chi connectivity index (χ0) is 33.5. The van der Waals surface area contributed by atoms with Gasteiger partial charge in [-0.15, -0.1) is 0 Å². The van der Waals surface area contributed by atoms with Crippen LogP contribution >= 0.6 is 0 Å². The molecule has 0 saturated carbocycles. The van der Waals surface area contributed by atoms with Gasteiger partial charge in [0.15, 0.2) is 0 Å². The summed E-state index contributed by atoms with van der Waals surface area (Å²) in [5, 5.41) is 5.45. The number of aryl methyl sites for hydroxylation is 2. The van der Waals surface area contributed by atoms with E-state index in [2.05, 4.69) is 21.6 Å². The molecule has 252 valence electrons. The lowest BCUT2D eigenvalue weighted by Crippen LogP contribution is -2.44. The molecule has 0 spiro atoms. The number of hydrogen-bond donors (Lipinski definition) is 2. The molecule has 3 amide bonds. The zero-order valence-corrected chi connectivity index (χ0v) is 27.8. The van der Waals surface area contributed by atoms with E-state index in [0.717, 1.165) is 48.9 Å². The van der Waals surface area contributed by atoms with Gasteiger partial charge in [-0.25, -0.2) is 19.4 Å². The van der Waals surface area contributed by atoms with E-state index in [0.29, 0.717) is 45.0 Å². The standard InChI is InChI=1S/C34H49N5O7/c1-25(40)35-19-23-38(22-18-29(31(41)44-5)37-32(42)45-24-26-12-7-6-8-13-26)20-10-9-15-28-17-16-27-14-11-21-39(30(27)36-28)33(43)46-34(2,3)4/h6-8,12-13,16-17,29H,9-11,14-15,18-24H2,1-5H3,(H,35,40)(H,37,42)/t29-/m0/s1. The normalized spacial score (nSPS) is 13.4. The molecular formula is C34H49N5O7. The lowest BCUT2D eigenvalue weighted by atomic mass is 10.0. The number of carbonyl (C=O) groups is 4. The van der Waals surface area contributed by atoms with Crippen LogP contribution in [0.15, 0.2) is 42.5 Å². The Morgan fingerprint density at radius 2 is 1.78 bits per heavy atom. The fourth-order valence-electron chi connectivity index (χ4n) is 5.09. The first-order chi connectivity index (χ1) is 21.9. The molecule has 0 bridgehead atoms. The number of nitrogens with one attached hydrogen (secondary N) is 2. The highest BCUT2D eigenvalue weighted by atomic mass is 16.6. The SMILES string of the molecule is COC(=O)[C@H](CCN(CCCCc1ccc2c(n1)N(C(=O)OC(C)(C)C)CCC2)CCNC(C)=O)NC(=O)OCc1ccccc1. The minimum atomic E-state index is -0.885. The van der Waals surface area contributed by atoms with Crippen LogP contribution < -0.4 is 15.5 Å². The van der Waals surface area contributed by atoms with Crippen molar-refractivity contribution in [2.45, 2.75) is 84.5 Å². The van der Waals surface area contributed by atoms with Gasteiger partial charge in [0, 0.05) is 38.8 Å². The number of unbranched alkanes of at least 4 members (excludes halogenated alkanes) is 1. The van der Waals surface area contributed by atoms with Gasteiger partial charge in [0.2, 0.25) is 5.91 Å². The average molecular weight is 640 g/mol. The van der Waals surface area contributed by atoms with Crippen molar-refractivity contribution in [1.82, 2.24) is 20.5 Å². The molecule has 0 unspecified atom stereocenters. The highest BCUT2D eigenvalue weighted by Gasteiger charge is 2.29. The maximum Gasteiger partial charge on any atom is 0.416 e. The van der Waals surface area contributed by atoms with Gasteiger partial charge in [0.25, 0.3) is 0 Å². The van der Waals surface area contributed by atoms with Crippen LogP contribution in [0, 0.1) is 0 Å². The number of nitrogens with zero attached hydrogens (tertiary/aromatic N) is 3. The zero-order valence-electron chi connectivity index (χ0n) is 27.8. The lowest BCUT2D eigenvalue weighted by Gasteiger charge is -2.31. The van der Waals surface area contributed by atoms with Crippen molar-refractivity contribution in [3.63, 3.8) is 0 Å². The molecule has 3 rings (SSSR count). The molecule has 1 aromatic carbocycles. The maximum absolute atomic E-state index is 12.8. The second-order valence-corrected chi connectivity index (χ2v) is 12.4. The average Bonchev–Trinajstić information content (AvgIpc) is 3.02. The molecule has 46 heavy (non-hydrogen) atoms. The van der Waals surface area contributed by atoms with Crippen molar-refractivity contribution < 1.29 is 33.4 Å². The number of esters is 1. The summed E-state index contributed by atoms with van der Waals surface area (Å²) in [4.78, 5) is 57.9. The molecule has 0 radical (unpaired) electrons. The molecule has 12 nitrogen and oxygen atoms in total. The molecule has 2 N–H and O–H groups in total. The third kappa shape index (κ3) is 12.7. The molecule has 2 aromatic rings. The topological polar surface area (TPSA) is 139 Å². The predicted molar refractivity (Wildman–Crippen MR) is 174 cm³/mol. The minimum Gasteiger partial charge on any atom is -0.467 e. The Morgan fingerprint density at radius 3 is 2.48 bits per heavy atom. The van der Waals surface area contributed by atoms with E-state index in [-0.39, 0.29) is 18.6 Å². The number of ether oxygens (including phenoxy) is 3. The highest BCUT2D eigenvalue weighted by Crippen LogP contribution is 2.27. The predicted octanol–water partition coefficient (Wildman–Crippen LogP) is 4.39. The van der Waals surface area contributed by atoms with E-state index in [1.54, 1.807) is 4.90 Å². The van der Waals surface area contributed by atoms with Crippen LogP contribution in [0.3, 0.4) is 0 Å². The Bertz CT molecular complexity index is 1300. The summed E-state index contributed by atoms with van der Waals surface area (Å²) < 4.78 is 15.8. The number of amides is 3. The Labute approximate surface area is 272 Å².